The van der Waals surface area contributed by atoms with Crippen LogP contribution in [0, 0.1) is 0 Å². The number of nitrogens with zero attached hydrogens (tertiary/aromatic N) is 1. The highest BCUT2D eigenvalue weighted by Crippen LogP contribution is 2.31. The number of carbonyl (C=O) groups is 1. The second kappa shape index (κ2) is 8.41. The number of amides is 1. The Kier molecular flexibility index (Phi) is 6.02. The zero-order chi connectivity index (χ0) is 21.4. The van der Waals surface area contributed by atoms with Crippen molar-refractivity contribution in [3.05, 3.63) is 40.6 Å². The molecule has 1 aliphatic carbocycles. The Labute approximate surface area is 181 Å². The van der Waals surface area contributed by atoms with Crippen molar-refractivity contribution in [2.75, 3.05) is 18.4 Å². The van der Waals surface area contributed by atoms with Gasteiger partial charge in [-0.2, -0.15) is 4.31 Å². The zero-order valence-electron chi connectivity index (χ0n) is 16.4. The molecule has 1 amide bonds. The normalized spacial score (nSPS) is 18.7. The Hall–Kier alpha value is -1.75. The van der Waals surface area contributed by atoms with Crippen LogP contribution >= 0.6 is 11.3 Å². The third kappa shape index (κ3) is 4.05. The molecule has 2 aliphatic rings. The van der Waals surface area contributed by atoms with Gasteiger partial charge in [0.15, 0.2) is 9.84 Å². The van der Waals surface area contributed by atoms with Crippen LogP contribution in [0.5, 0.6) is 0 Å². The molecule has 1 saturated heterocycles. The molecule has 1 aromatic heterocycles. The number of rotatable bonds is 6. The summed E-state index contributed by atoms with van der Waals surface area (Å²) in [6, 6.07) is 7.55. The number of nitrogens with one attached hydrogen (secondary N) is 1. The predicted molar refractivity (Wildman–Crippen MR) is 116 cm³/mol. The van der Waals surface area contributed by atoms with Gasteiger partial charge in [-0.15, -0.1) is 11.3 Å². The highest BCUT2D eigenvalue weighted by molar-refractivity contribution is 7.92. The topological polar surface area (TPSA) is 101 Å². The molecule has 10 heteroatoms. The molecule has 30 heavy (non-hydrogen) atoms. The van der Waals surface area contributed by atoms with Gasteiger partial charge < -0.3 is 5.32 Å². The lowest BCUT2D eigenvalue weighted by Gasteiger charge is -2.15. The predicted octanol–water partition coefficient (Wildman–Crippen LogP) is 3.50. The summed E-state index contributed by atoms with van der Waals surface area (Å²) in [4.78, 5) is 13.1. The first-order valence-corrected chi connectivity index (χ1v) is 13.9. The summed E-state index contributed by atoms with van der Waals surface area (Å²) in [7, 11) is -7.05. The number of hydrogen-bond acceptors (Lipinski definition) is 6. The van der Waals surface area contributed by atoms with E-state index in [0.29, 0.717) is 31.6 Å². The Balaban J connectivity index is 1.51. The van der Waals surface area contributed by atoms with E-state index in [2.05, 4.69) is 5.32 Å². The summed E-state index contributed by atoms with van der Waals surface area (Å²) in [5, 5.41) is 3.95. The van der Waals surface area contributed by atoms with Crippen molar-refractivity contribution in [1.82, 2.24) is 4.31 Å². The minimum atomic E-state index is -3.70. The van der Waals surface area contributed by atoms with E-state index < -0.39 is 25.8 Å². The fourth-order valence-corrected chi connectivity index (χ4v) is 8.71. The average Bonchev–Trinajstić information content (AvgIpc) is 3.51. The number of carbonyl (C=O) groups excluding carboxylic acids is 1. The fraction of sp³-hybridized carbons (Fsp3) is 0.450. The fourth-order valence-electron chi connectivity index (χ4n) is 4.04. The second-order valence-electron chi connectivity index (χ2n) is 7.66. The smallest absolute Gasteiger partial charge is 0.267 e. The highest BCUT2D eigenvalue weighted by atomic mass is 32.2. The van der Waals surface area contributed by atoms with Crippen LogP contribution in [0.15, 0.2) is 45.5 Å². The number of benzene rings is 1. The molecule has 2 heterocycles. The lowest BCUT2D eigenvalue weighted by molar-refractivity contribution is 0.102. The van der Waals surface area contributed by atoms with E-state index in [1.54, 1.807) is 17.5 Å². The molecule has 0 radical (unpaired) electrons. The first-order valence-electron chi connectivity index (χ1n) is 10.0. The van der Waals surface area contributed by atoms with E-state index in [0.717, 1.165) is 37.0 Å². The summed E-state index contributed by atoms with van der Waals surface area (Å²) in [6.45, 7) is 0.937. The third-order valence-corrected chi connectivity index (χ3v) is 11.0. The van der Waals surface area contributed by atoms with Gasteiger partial charge in [-0.3, -0.25) is 4.79 Å². The SMILES string of the molecule is O=C(Nc1ccc(S(=O)(=O)C2CCCC2)cc1)c1sccc1S(=O)(=O)N1CCCC1. The van der Waals surface area contributed by atoms with Crippen molar-refractivity contribution in [3.8, 4) is 0 Å². The maximum atomic E-state index is 12.8. The van der Waals surface area contributed by atoms with Crippen LogP contribution in [0.2, 0.25) is 0 Å². The van der Waals surface area contributed by atoms with Gasteiger partial charge in [0.25, 0.3) is 5.91 Å². The monoisotopic (exact) mass is 468 g/mol. The van der Waals surface area contributed by atoms with Gasteiger partial charge in [0.05, 0.1) is 10.1 Å². The van der Waals surface area contributed by atoms with Crippen molar-refractivity contribution in [3.63, 3.8) is 0 Å². The molecule has 1 N–H and O–H groups in total. The van der Waals surface area contributed by atoms with Crippen LogP contribution in [-0.4, -0.2) is 45.4 Å². The third-order valence-electron chi connectivity index (χ3n) is 5.70. The Morgan fingerprint density at radius 1 is 0.933 bits per heavy atom. The van der Waals surface area contributed by atoms with Gasteiger partial charge in [0, 0.05) is 18.8 Å². The summed E-state index contributed by atoms with van der Waals surface area (Å²) in [5.74, 6) is -0.519. The first kappa shape index (κ1) is 21.5. The second-order valence-corrected chi connectivity index (χ2v) is 12.7. The van der Waals surface area contributed by atoms with Crippen molar-refractivity contribution in [1.29, 1.82) is 0 Å². The molecule has 162 valence electrons. The lowest BCUT2D eigenvalue weighted by atomic mass is 10.3. The molecule has 0 bridgehead atoms. The van der Waals surface area contributed by atoms with Gasteiger partial charge in [-0.1, -0.05) is 12.8 Å². The minimum Gasteiger partial charge on any atom is -0.321 e. The Bertz CT molecular complexity index is 1130. The summed E-state index contributed by atoms with van der Waals surface area (Å²) >= 11 is 1.07. The van der Waals surface area contributed by atoms with Crippen molar-refractivity contribution >= 4 is 42.8 Å². The van der Waals surface area contributed by atoms with Crippen LogP contribution < -0.4 is 5.32 Å². The Morgan fingerprint density at radius 2 is 1.57 bits per heavy atom. The van der Waals surface area contributed by atoms with E-state index in [4.69, 9.17) is 0 Å². The molecule has 1 aromatic carbocycles. The first-order chi connectivity index (χ1) is 14.3. The van der Waals surface area contributed by atoms with Crippen LogP contribution in [-0.2, 0) is 19.9 Å². The van der Waals surface area contributed by atoms with Crippen molar-refractivity contribution in [2.24, 2.45) is 0 Å². The van der Waals surface area contributed by atoms with Gasteiger partial charge >= 0.3 is 0 Å². The van der Waals surface area contributed by atoms with E-state index in [1.165, 1.54) is 22.5 Å². The number of anilines is 1. The number of sulfonamides is 1. The van der Waals surface area contributed by atoms with Gasteiger partial charge in [0.2, 0.25) is 10.0 Å². The standard InChI is InChI=1S/C20H24N2O5S3/c23-20(19-18(11-14-28-19)30(26,27)22-12-3-4-13-22)21-15-7-9-17(10-8-15)29(24,25)16-5-1-2-6-16/h7-11,14,16H,1-6,12-13H2,(H,21,23). The molecule has 1 saturated carbocycles. The maximum Gasteiger partial charge on any atom is 0.267 e. The highest BCUT2D eigenvalue weighted by Gasteiger charge is 2.32. The molecular weight excluding hydrogens is 444 g/mol. The van der Waals surface area contributed by atoms with Crippen LogP contribution in [0.1, 0.15) is 48.2 Å². The van der Waals surface area contributed by atoms with Gasteiger partial charge in [-0.25, -0.2) is 16.8 Å². The summed E-state index contributed by atoms with van der Waals surface area (Å²) in [6.07, 6.45) is 4.88. The zero-order valence-corrected chi connectivity index (χ0v) is 18.9. The molecule has 2 aromatic rings. The molecule has 1 aliphatic heterocycles. The largest absolute Gasteiger partial charge is 0.321 e. The van der Waals surface area contributed by atoms with E-state index in [9.17, 15) is 21.6 Å². The summed E-state index contributed by atoms with van der Waals surface area (Å²) < 4.78 is 52.4. The lowest BCUT2D eigenvalue weighted by Crippen LogP contribution is -2.29. The molecule has 0 unspecified atom stereocenters. The molecule has 4 rings (SSSR count). The maximum absolute atomic E-state index is 12.8. The van der Waals surface area contributed by atoms with Crippen molar-refractivity contribution in [2.45, 2.75) is 53.6 Å². The quantitative estimate of drug-likeness (QED) is 0.699. The number of hydrogen-bond donors (Lipinski definition) is 1. The molecule has 2 fully saturated rings. The van der Waals surface area contributed by atoms with Crippen molar-refractivity contribution < 1.29 is 21.6 Å². The average molecular weight is 469 g/mol. The van der Waals surface area contributed by atoms with Crippen LogP contribution in [0.25, 0.3) is 0 Å². The molecular formula is C20H24N2O5S3. The summed E-state index contributed by atoms with van der Waals surface area (Å²) in [5.41, 5.74) is 0.420. The molecule has 7 nitrogen and oxygen atoms in total. The molecule has 0 atom stereocenters. The van der Waals surface area contributed by atoms with E-state index >= 15 is 0 Å². The Morgan fingerprint density at radius 3 is 2.20 bits per heavy atom. The van der Waals surface area contributed by atoms with Gasteiger partial charge in [-0.05, 0) is 61.4 Å². The van der Waals surface area contributed by atoms with Crippen LogP contribution in [0.4, 0.5) is 5.69 Å². The van der Waals surface area contributed by atoms with Gasteiger partial charge in [0.1, 0.15) is 9.77 Å². The number of sulfone groups is 1. The van der Waals surface area contributed by atoms with Crippen LogP contribution in [0.3, 0.4) is 0 Å². The number of thiophene rings is 1. The minimum absolute atomic E-state index is 0.0207. The van der Waals surface area contributed by atoms with E-state index in [-0.39, 0.29) is 19.9 Å². The molecule has 0 spiro atoms. The van der Waals surface area contributed by atoms with E-state index in [1.807, 2.05) is 0 Å².